The Morgan fingerprint density at radius 2 is 1.78 bits per heavy atom. The SMILES string of the molecule is O=C(CC1OCCCO1)N1CC12CCC(CCN1CCN(c3noc4cc(F)c(F)cc34)CC1)CC2. The van der Waals surface area contributed by atoms with Crippen LogP contribution in [0.4, 0.5) is 14.6 Å². The summed E-state index contributed by atoms with van der Waals surface area (Å²) in [5, 5.41) is 4.59. The van der Waals surface area contributed by atoms with Gasteiger partial charge in [0.25, 0.3) is 0 Å². The van der Waals surface area contributed by atoms with E-state index in [0.29, 0.717) is 36.8 Å². The topological polar surface area (TPSA) is 71.1 Å². The van der Waals surface area contributed by atoms with Crippen LogP contribution in [0.2, 0.25) is 0 Å². The molecule has 10 heteroatoms. The van der Waals surface area contributed by atoms with Crippen LogP contribution in [0.5, 0.6) is 0 Å². The molecule has 8 nitrogen and oxygen atoms in total. The van der Waals surface area contributed by atoms with Gasteiger partial charge in [-0.25, -0.2) is 8.78 Å². The maximum absolute atomic E-state index is 13.7. The predicted octanol–water partition coefficient (Wildman–Crippen LogP) is 3.54. The van der Waals surface area contributed by atoms with E-state index in [1.54, 1.807) is 0 Å². The molecule has 1 saturated carbocycles. The molecule has 3 aliphatic heterocycles. The molecule has 0 bridgehead atoms. The summed E-state index contributed by atoms with van der Waals surface area (Å²) in [6, 6.07) is 2.23. The van der Waals surface area contributed by atoms with Gasteiger partial charge in [-0.15, -0.1) is 0 Å². The molecule has 6 rings (SSSR count). The van der Waals surface area contributed by atoms with Gasteiger partial charge in [-0.2, -0.15) is 0 Å². The number of hydrogen-bond donors (Lipinski definition) is 0. The zero-order valence-electron chi connectivity index (χ0n) is 20.6. The number of hydrogen-bond acceptors (Lipinski definition) is 7. The van der Waals surface area contributed by atoms with Crippen molar-refractivity contribution in [1.29, 1.82) is 0 Å². The van der Waals surface area contributed by atoms with E-state index < -0.39 is 11.6 Å². The van der Waals surface area contributed by atoms with Crippen molar-refractivity contribution in [3.05, 3.63) is 23.8 Å². The minimum Gasteiger partial charge on any atom is -0.354 e. The van der Waals surface area contributed by atoms with Crippen molar-refractivity contribution >= 4 is 22.7 Å². The second-order valence-corrected chi connectivity index (χ2v) is 10.8. The maximum Gasteiger partial charge on any atom is 0.228 e. The van der Waals surface area contributed by atoms with Crippen LogP contribution in [0.25, 0.3) is 11.0 Å². The number of amides is 1. The highest BCUT2D eigenvalue weighted by Gasteiger charge is 2.55. The molecule has 1 spiro atoms. The van der Waals surface area contributed by atoms with E-state index in [4.69, 9.17) is 14.0 Å². The lowest BCUT2D eigenvalue weighted by atomic mass is 9.80. The van der Waals surface area contributed by atoms with E-state index in [1.165, 1.54) is 25.3 Å². The third-order valence-electron chi connectivity index (χ3n) is 8.52. The number of nitrogens with zero attached hydrogens (tertiary/aromatic N) is 4. The fourth-order valence-corrected chi connectivity index (χ4v) is 6.15. The lowest BCUT2D eigenvalue weighted by Gasteiger charge is -2.36. The molecule has 1 aliphatic carbocycles. The first kappa shape index (κ1) is 24.1. The number of fused-ring (bicyclic) bond motifs is 1. The van der Waals surface area contributed by atoms with Crippen LogP contribution >= 0.6 is 0 Å². The van der Waals surface area contributed by atoms with Crippen LogP contribution in [-0.2, 0) is 14.3 Å². The van der Waals surface area contributed by atoms with Crippen LogP contribution in [0, 0.1) is 17.6 Å². The molecule has 0 unspecified atom stereocenters. The number of rotatable bonds is 6. The number of aromatic nitrogens is 1. The first-order chi connectivity index (χ1) is 17.5. The largest absolute Gasteiger partial charge is 0.354 e. The van der Waals surface area contributed by atoms with Gasteiger partial charge in [0.05, 0.1) is 30.6 Å². The highest BCUT2D eigenvalue weighted by atomic mass is 19.2. The van der Waals surface area contributed by atoms with Crippen LogP contribution in [-0.4, -0.2) is 85.2 Å². The lowest BCUT2D eigenvalue weighted by molar-refractivity contribution is -0.185. The van der Waals surface area contributed by atoms with Gasteiger partial charge in [-0.3, -0.25) is 9.69 Å². The fourth-order valence-electron chi connectivity index (χ4n) is 6.15. The Labute approximate surface area is 209 Å². The Morgan fingerprint density at radius 3 is 2.53 bits per heavy atom. The molecule has 0 N–H and O–H groups in total. The lowest BCUT2D eigenvalue weighted by Crippen LogP contribution is -2.47. The van der Waals surface area contributed by atoms with Crippen LogP contribution in [0.1, 0.15) is 44.9 Å². The molecular formula is C26H34F2N4O4. The zero-order valence-corrected chi connectivity index (χ0v) is 20.6. The summed E-state index contributed by atoms with van der Waals surface area (Å²) in [6.07, 6.45) is 6.59. The molecule has 1 amide bonds. The van der Waals surface area contributed by atoms with Crippen molar-refractivity contribution < 1.29 is 27.6 Å². The van der Waals surface area contributed by atoms with Crippen molar-refractivity contribution in [2.24, 2.45) is 5.92 Å². The highest BCUT2D eigenvalue weighted by Crippen LogP contribution is 2.47. The van der Waals surface area contributed by atoms with Crippen molar-refractivity contribution in [2.75, 3.05) is 57.4 Å². The van der Waals surface area contributed by atoms with Gasteiger partial charge in [-0.1, -0.05) is 5.16 Å². The van der Waals surface area contributed by atoms with Crippen molar-refractivity contribution in [2.45, 2.75) is 56.8 Å². The first-order valence-electron chi connectivity index (χ1n) is 13.3. The number of ether oxygens (including phenoxy) is 2. The summed E-state index contributed by atoms with van der Waals surface area (Å²) in [6.45, 7) is 6.67. The molecule has 196 valence electrons. The van der Waals surface area contributed by atoms with Gasteiger partial charge in [-0.05, 0) is 57.1 Å². The Morgan fingerprint density at radius 1 is 1.06 bits per heavy atom. The molecular weight excluding hydrogens is 470 g/mol. The second-order valence-electron chi connectivity index (χ2n) is 10.8. The second kappa shape index (κ2) is 9.87. The monoisotopic (exact) mass is 504 g/mol. The molecule has 2 aromatic rings. The van der Waals surface area contributed by atoms with Gasteiger partial charge < -0.3 is 23.8 Å². The Balaban J connectivity index is 0.927. The number of anilines is 1. The van der Waals surface area contributed by atoms with Crippen molar-refractivity contribution in [3.63, 3.8) is 0 Å². The molecule has 3 saturated heterocycles. The number of carbonyl (C=O) groups excluding carboxylic acids is 1. The highest BCUT2D eigenvalue weighted by molar-refractivity contribution is 5.88. The van der Waals surface area contributed by atoms with Crippen LogP contribution in [0.15, 0.2) is 16.7 Å². The number of benzene rings is 1. The molecule has 0 atom stereocenters. The van der Waals surface area contributed by atoms with E-state index >= 15 is 0 Å². The molecule has 4 heterocycles. The predicted molar refractivity (Wildman–Crippen MR) is 129 cm³/mol. The number of carbonyl (C=O) groups is 1. The molecule has 0 radical (unpaired) electrons. The van der Waals surface area contributed by atoms with Gasteiger partial charge in [0, 0.05) is 38.8 Å². The standard InChI is InChI=1S/C26H34F2N4O4/c27-20-14-19-22(15-21(20)28)36-29-25(19)31-10-8-30(9-11-31)7-4-18-2-5-26(6-3-18)17-32(26)23(33)16-24-34-12-1-13-35-24/h14-15,18,24H,1-13,16-17H2. The molecule has 4 aliphatic rings. The van der Waals surface area contributed by atoms with Gasteiger partial charge in [0.2, 0.25) is 5.91 Å². The molecule has 1 aromatic carbocycles. The Kier molecular flexibility index (Phi) is 6.60. The Bertz CT molecular complexity index is 1090. The minimum absolute atomic E-state index is 0.0939. The maximum atomic E-state index is 13.7. The smallest absolute Gasteiger partial charge is 0.228 e. The van der Waals surface area contributed by atoms with E-state index in [9.17, 15) is 13.6 Å². The summed E-state index contributed by atoms with van der Waals surface area (Å²) in [7, 11) is 0. The van der Waals surface area contributed by atoms with Crippen molar-refractivity contribution in [1.82, 2.24) is 15.0 Å². The third kappa shape index (κ3) is 4.82. The number of halogens is 2. The van der Waals surface area contributed by atoms with E-state index in [0.717, 1.165) is 64.6 Å². The minimum atomic E-state index is -0.923. The summed E-state index contributed by atoms with van der Waals surface area (Å²) < 4.78 is 43.5. The van der Waals surface area contributed by atoms with Gasteiger partial charge in [0.1, 0.15) is 0 Å². The first-order valence-corrected chi connectivity index (χ1v) is 13.3. The molecule has 36 heavy (non-hydrogen) atoms. The van der Waals surface area contributed by atoms with E-state index in [2.05, 4.69) is 19.9 Å². The summed E-state index contributed by atoms with van der Waals surface area (Å²) in [5.41, 5.74) is 0.365. The average molecular weight is 505 g/mol. The summed E-state index contributed by atoms with van der Waals surface area (Å²) >= 11 is 0. The summed E-state index contributed by atoms with van der Waals surface area (Å²) in [5.74, 6) is -0.343. The Hall–Kier alpha value is -2.30. The third-order valence-corrected chi connectivity index (χ3v) is 8.52. The average Bonchev–Trinajstić information content (AvgIpc) is 3.46. The van der Waals surface area contributed by atoms with Gasteiger partial charge >= 0.3 is 0 Å². The van der Waals surface area contributed by atoms with Crippen molar-refractivity contribution in [3.8, 4) is 0 Å². The fraction of sp³-hybridized carbons (Fsp3) is 0.692. The summed E-state index contributed by atoms with van der Waals surface area (Å²) in [4.78, 5) is 19.3. The van der Waals surface area contributed by atoms with E-state index in [1.807, 2.05) is 0 Å². The molecule has 1 aromatic heterocycles. The van der Waals surface area contributed by atoms with Gasteiger partial charge in [0.15, 0.2) is 29.3 Å². The van der Waals surface area contributed by atoms with Crippen LogP contribution < -0.4 is 4.90 Å². The van der Waals surface area contributed by atoms with E-state index in [-0.39, 0.29) is 23.3 Å². The molecule has 4 fully saturated rings. The number of piperazine rings is 1. The zero-order chi connectivity index (χ0) is 24.7. The normalized spacial score (nSPS) is 27.8. The quantitative estimate of drug-likeness (QED) is 0.558. The van der Waals surface area contributed by atoms with Crippen LogP contribution in [0.3, 0.4) is 0 Å².